The van der Waals surface area contributed by atoms with Gasteiger partial charge in [-0.1, -0.05) is 49.5 Å². The number of carboxylic acids is 1. The second-order valence-corrected chi connectivity index (χ2v) is 6.45. The second kappa shape index (κ2) is 9.28. The number of pyridine rings is 1. The molecule has 0 spiro atoms. The van der Waals surface area contributed by atoms with E-state index in [-0.39, 0.29) is 5.25 Å². The van der Waals surface area contributed by atoms with Gasteiger partial charge in [0.2, 0.25) is 0 Å². The summed E-state index contributed by atoms with van der Waals surface area (Å²) in [5.41, 5.74) is 0. The lowest BCUT2D eigenvalue weighted by molar-refractivity contribution is -0.136. The van der Waals surface area contributed by atoms with Gasteiger partial charge in [0.25, 0.3) is 0 Å². The van der Waals surface area contributed by atoms with Crippen LogP contribution in [0.4, 0.5) is 0 Å². The lowest BCUT2D eigenvalue weighted by Crippen LogP contribution is -2.15. The molecule has 0 aromatic carbocycles. The summed E-state index contributed by atoms with van der Waals surface area (Å²) in [7, 11) is 2.84. The molecule has 1 rings (SSSR count). The first-order chi connectivity index (χ1) is 8.74. The highest BCUT2D eigenvalue weighted by Gasteiger charge is 2.18. The van der Waals surface area contributed by atoms with Crippen LogP contribution in [0, 0.1) is 0 Å². The minimum absolute atomic E-state index is 0.339. The molecule has 18 heavy (non-hydrogen) atoms. The smallest absolute Gasteiger partial charge is 0.317 e. The van der Waals surface area contributed by atoms with E-state index in [4.69, 9.17) is 5.11 Å². The summed E-state index contributed by atoms with van der Waals surface area (Å²) in [5.74, 6) is -0.722. The SMILES string of the molecule is CCCCCCC(SSc1ccccn1)C(=O)O. The number of aliphatic carboxylic acids is 1. The third-order valence-electron chi connectivity index (χ3n) is 2.48. The Kier molecular flexibility index (Phi) is 7.93. The number of carbonyl (C=O) groups is 1. The predicted octanol–water partition coefficient (Wildman–Crippen LogP) is 4.25. The van der Waals surface area contributed by atoms with Crippen molar-refractivity contribution in [2.75, 3.05) is 0 Å². The van der Waals surface area contributed by atoms with Crippen LogP contribution in [0.2, 0.25) is 0 Å². The molecule has 5 heteroatoms. The minimum Gasteiger partial charge on any atom is -0.480 e. The maximum Gasteiger partial charge on any atom is 0.317 e. The zero-order valence-corrected chi connectivity index (χ0v) is 12.2. The topological polar surface area (TPSA) is 50.2 Å². The fourth-order valence-corrected chi connectivity index (χ4v) is 3.75. The van der Waals surface area contributed by atoms with Crippen LogP contribution in [0.5, 0.6) is 0 Å². The molecular formula is C13H19NO2S2. The molecule has 0 aliphatic carbocycles. The Morgan fingerprint density at radius 1 is 1.39 bits per heavy atom. The van der Waals surface area contributed by atoms with Crippen molar-refractivity contribution >= 4 is 27.6 Å². The Morgan fingerprint density at radius 3 is 2.83 bits per heavy atom. The third kappa shape index (κ3) is 6.31. The molecule has 1 unspecified atom stereocenters. The highest BCUT2D eigenvalue weighted by atomic mass is 33.1. The van der Waals surface area contributed by atoms with E-state index in [9.17, 15) is 4.79 Å². The Hall–Kier alpha value is -0.680. The summed E-state index contributed by atoms with van der Waals surface area (Å²) in [4.78, 5) is 15.3. The average molecular weight is 285 g/mol. The predicted molar refractivity (Wildman–Crippen MR) is 77.9 cm³/mol. The number of nitrogens with zero attached hydrogens (tertiary/aromatic N) is 1. The molecule has 0 aliphatic heterocycles. The zero-order valence-electron chi connectivity index (χ0n) is 10.5. The van der Waals surface area contributed by atoms with Crippen molar-refractivity contribution in [3.63, 3.8) is 0 Å². The van der Waals surface area contributed by atoms with Crippen molar-refractivity contribution in [2.24, 2.45) is 0 Å². The first kappa shape index (κ1) is 15.4. The number of rotatable bonds is 9. The lowest BCUT2D eigenvalue weighted by Gasteiger charge is -2.10. The fraction of sp³-hybridized carbons (Fsp3) is 0.538. The summed E-state index contributed by atoms with van der Waals surface area (Å²) >= 11 is 0. The molecule has 1 aromatic heterocycles. The highest BCUT2D eigenvalue weighted by molar-refractivity contribution is 8.77. The van der Waals surface area contributed by atoms with Crippen LogP contribution in [0.3, 0.4) is 0 Å². The van der Waals surface area contributed by atoms with Crippen LogP contribution >= 0.6 is 21.6 Å². The highest BCUT2D eigenvalue weighted by Crippen LogP contribution is 2.35. The largest absolute Gasteiger partial charge is 0.480 e. The number of hydrogen-bond donors (Lipinski definition) is 1. The normalized spacial score (nSPS) is 12.3. The summed E-state index contributed by atoms with van der Waals surface area (Å²) in [6.07, 6.45) is 6.92. The van der Waals surface area contributed by atoms with Crippen LogP contribution in [0.1, 0.15) is 39.0 Å². The van der Waals surface area contributed by atoms with E-state index >= 15 is 0 Å². The zero-order chi connectivity index (χ0) is 13.2. The average Bonchev–Trinajstić information content (AvgIpc) is 2.38. The van der Waals surface area contributed by atoms with Gasteiger partial charge in [-0.15, -0.1) is 0 Å². The molecule has 100 valence electrons. The minimum atomic E-state index is -0.722. The Balaban J connectivity index is 2.32. The van der Waals surface area contributed by atoms with Crippen molar-refractivity contribution in [1.82, 2.24) is 4.98 Å². The van der Waals surface area contributed by atoms with Crippen molar-refractivity contribution < 1.29 is 9.90 Å². The van der Waals surface area contributed by atoms with E-state index in [1.165, 1.54) is 34.4 Å². The molecule has 0 aliphatic rings. The Bertz CT molecular complexity index is 346. The van der Waals surface area contributed by atoms with Gasteiger partial charge in [0, 0.05) is 6.20 Å². The van der Waals surface area contributed by atoms with Crippen molar-refractivity contribution in [3.8, 4) is 0 Å². The number of aromatic nitrogens is 1. The molecule has 0 fully saturated rings. The van der Waals surface area contributed by atoms with E-state index < -0.39 is 5.97 Å². The van der Waals surface area contributed by atoms with E-state index in [1.54, 1.807) is 6.20 Å². The molecule has 0 radical (unpaired) electrons. The molecule has 0 saturated heterocycles. The third-order valence-corrected chi connectivity index (χ3v) is 5.16. The van der Waals surface area contributed by atoms with Crippen LogP contribution < -0.4 is 0 Å². The van der Waals surface area contributed by atoms with Gasteiger partial charge in [-0.05, 0) is 29.3 Å². The molecular weight excluding hydrogens is 266 g/mol. The molecule has 0 amide bonds. The van der Waals surface area contributed by atoms with E-state index in [0.717, 1.165) is 24.3 Å². The van der Waals surface area contributed by atoms with Crippen LogP contribution in [0.15, 0.2) is 29.4 Å². The van der Waals surface area contributed by atoms with Crippen molar-refractivity contribution in [1.29, 1.82) is 0 Å². The lowest BCUT2D eigenvalue weighted by atomic mass is 10.1. The van der Waals surface area contributed by atoms with Gasteiger partial charge in [0.05, 0.1) is 0 Å². The molecule has 0 bridgehead atoms. The molecule has 1 aromatic rings. The van der Waals surface area contributed by atoms with Gasteiger partial charge in [0.1, 0.15) is 10.3 Å². The molecule has 3 nitrogen and oxygen atoms in total. The molecule has 0 saturated carbocycles. The fourth-order valence-electron chi connectivity index (χ4n) is 1.47. The van der Waals surface area contributed by atoms with Gasteiger partial charge in [-0.3, -0.25) is 4.79 Å². The van der Waals surface area contributed by atoms with Crippen LogP contribution in [-0.2, 0) is 4.79 Å². The Labute approximate surface area is 116 Å². The number of carboxylic acid groups (broad SMARTS) is 1. The van der Waals surface area contributed by atoms with Crippen molar-refractivity contribution in [2.45, 2.75) is 49.3 Å². The van der Waals surface area contributed by atoms with Gasteiger partial charge in [0.15, 0.2) is 0 Å². The van der Waals surface area contributed by atoms with Crippen molar-refractivity contribution in [3.05, 3.63) is 24.4 Å². The summed E-state index contributed by atoms with van der Waals surface area (Å²) in [5, 5.41) is 9.68. The van der Waals surface area contributed by atoms with Gasteiger partial charge < -0.3 is 5.11 Å². The van der Waals surface area contributed by atoms with Crippen LogP contribution in [-0.4, -0.2) is 21.3 Å². The van der Waals surface area contributed by atoms with E-state index in [2.05, 4.69) is 11.9 Å². The van der Waals surface area contributed by atoms with Gasteiger partial charge in [-0.2, -0.15) is 0 Å². The van der Waals surface area contributed by atoms with E-state index in [0.29, 0.717) is 0 Å². The monoisotopic (exact) mass is 285 g/mol. The Morgan fingerprint density at radius 2 is 2.22 bits per heavy atom. The molecule has 1 heterocycles. The standard InChI is InChI=1S/C13H19NO2S2/c1-2-3-4-5-8-11(13(15)16)17-18-12-9-6-7-10-14-12/h6-7,9-11H,2-5,8H2,1H3,(H,15,16). The van der Waals surface area contributed by atoms with E-state index in [1.807, 2.05) is 18.2 Å². The summed E-state index contributed by atoms with van der Waals surface area (Å²) in [6, 6.07) is 5.66. The number of hydrogen-bond acceptors (Lipinski definition) is 4. The maximum atomic E-state index is 11.1. The quantitative estimate of drug-likeness (QED) is 0.543. The van der Waals surface area contributed by atoms with Crippen LogP contribution in [0.25, 0.3) is 0 Å². The second-order valence-electron chi connectivity index (χ2n) is 4.02. The first-order valence-electron chi connectivity index (χ1n) is 6.21. The van der Waals surface area contributed by atoms with Gasteiger partial charge >= 0.3 is 5.97 Å². The van der Waals surface area contributed by atoms with Gasteiger partial charge in [-0.25, -0.2) is 4.98 Å². The maximum absolute atomic E-state index is 11.1. The summed E-state index contributed by atoms with van der Waals surface area (Å²) in [6.45, 7) is 2.15. The molecule has 1 N–H and O–H groups in total. The summed E-state index contributed by atoms with van der Waals surface area (Å²) < 4.78 is 0. The molecule has 1 atom stereocenters. The first-order valence-corrected chi connectivity index (χ1v) is 8.42. The number of unbranched alkanes of at least 4 members (excludes halogenated alkanes) is 3.